The zero-order valence-corrected chi connectivity index (χ0v) is 20.1. The van der Waals surface area contributed by atoms with Gasteiger partial charge in [0.1, 0.15) is 12.2 Å². The Bertz CT molecular complexity index is 768. The van der Waals surface area contributed by atoms with Crippen LogP contribution in [0.3, 0.4) is 0 Å². The van der Waals surface area contributed by atoms with Gasteiger partial charge in [-0.25, -0.2) is 4.79 Å². The van der Waals surface area contributed by atoms with Crippen molar-refractivity contribution >= 4 is 17.8 Å². The van der Waals surface area contributed by atoms with Gasteiger partial charge in [-0.3, -0.25) is 9.59 Å². The maximum absolute atomic E-state index is 13.4. The highest BCUT2D eigenvalue weighted by Gasteiger charge is 2.27. The van der Waals surface area contributed by atoms with Gasteiger partial charge in [-0.05, 0) is 45.2 Å². The van der Waals surface area contributed by atoms with Crippen LogP contribution in [0.15, 0.2) is 24.3 Å². The molecule has 0 aliphatic carbocycles. The van der Waals surface area contributed by atoms with Crippen molar-refractivity contribution in [3.05, 3.63) is 35.4 Å². The molecule has 0 spiro atoms. The van der Waals surface area contributed by atoms with Gasteiger partial charge in [0.25, 0.3) is 0 Å². The van der Waals surface area contributed by atoms with E-state index < -0.39 is 11.7 Å². The Labute approximate surface area is 192 Å². The smallest absolute Gasteiger partial charge is 0.407 e. The molecular formula is C26H39NO5. The summed E-state index contributed by atoms with van der Waals surface area (Å²) in [6.45, 7) is 8.03. The van der Waals surface area contributed by atoms with Crippen molar-refractivity contribution in [3.8, 4) is 0 Å². The molecule has 0 unspecified atom stereocenters. The minimum absolute atomic E-state index is 0.0158. The summed E-state index contributed by atoms with van der Waals surface area (Å²) in [4.78, 5) is 37.1. The van der Waals surface area contributed by atoms with Gasteiger partial charge in [0.05, 0.1) is 12.5 Å². The standard InChI is InChI=1S/C26H39NO5/c1-5-6-7-8-9-10-13-21(17-23(28)32-26(2,3)4)24(29)20-14-11-12-19(15-20)16-22-18-31-25(30)27-22/h11-12,14-15,21-22H,5-10,13,16-18H2,1-4H3,(H,27,30)/t21-,22+/m1/s1. The van der Waals surface area contributed by atoms with E-state index in [9.17, 15) is 14.4 Å². The van der Waals surface area contributed by atoms with Crippen molar-refractivity contribution in [2.45, 2.75) is 97.1 Å². The molecule has 1 aromatic rings. The first-order valence-corrected chi connectivity index (χ1v) is 12.0. The fourth-order valence-electron chi connectivity index (χ4n) is 3.99. The van der Waals surface area contributed by atoms with Gasteiger partial charge in [-0.15, -0.1) is 0 Å². The minimum atomic E-state index is -0.571. The lowest BCUT2D eigenvalue weighted by molar-refractivity contribution is -0.155. The van der Waals surface area contributed by atoms with Crippen LogP contribution in [-0.2, 0) is 20.7 Å². The molecule has 0 bridgehead atoms. The zero-order valence-electron chi connectivity index (χ0n) is 20.1. The Morgan fingerprint density at radius 1 is 1.16 bits per heavy atom. The maximum Gasteiger partial charge on any atom is 0.407 e. The quantitative estimate of drug-likeness (QED) is 0.242. The molecule has 1 aliphatic heterocycles. The summed E-state index contributed by atoms with van der Waals surface area (Å²) in [5.74, 6) is -0.734. The predicted octanol–water partition coefficient (Wildman–Crippen LogP) is 5.62. The minimum Gasteiger partial charge on any atom is -0.460 e. The van der Waals surface area contributed by atoms with Crippen molar-refractivity contribution in [2.75, 3.05) is 6.61 Å². The number of amides is 1. The second-order valence-corrected chi connectivity index (χ2v) is 9.75. The number of benzene rings is 1. The number of nitrogens with one attached hydrogen (secondary N) is 1. The molecule has 2 rings (SSSR count). The number of Topliss-reactive ketones (excluding diaryl/α,β-unsaturated/α-hetero) is 1. The Morgan fingerprint density at radius 2 is 1.88 bits per heavy atom. The average Bonchev–Trinajstić information content (AvgIpc) is 3.12. The molecular weight excluding hydrogens is 406 g/mol. The molecule has 6 heteroatoms. The van der Waals surface area contributed by atoms with Crippen molar-refractivity contribution in [1.29, 1.82) is 0 Å². The summed E-state index contributed by atoms with van der Waals surface area (Å²) in [5.41, 5.74) is 0.993. The van der Waals surface area contributed by atoms with Crippen LogP contribution in [0.5, 0.6) is 0 Å². The van der Waals surface area contributed by atoms with Crippen LogP contribution in [0.4, 0.5) is 4.79 Å². The van der Waals surface area contributed by atoms with Crippen molar-refractivity contribution < 1.29 is 23.9 Å². The second kappa shape index (κ2) is 12.6. The van der Waals surface area contributed by atoms with Gasteiger partial charge in [0, 0.05) is 11.5 Å². The third kappa shape index (κ3) is 9.41. The van der Waals surface area contributed by atoms with Crippen LogP contribution in [0.25, 0.3) is 0 Å². The Kier molecular flexibility index (Phi) is 10.2. The third-order valence-corrected chi connectivity index (χ3v) is 5.54. The van der Waals surface area contributed by atoms with E-state index in [4.69, 9.17) is 9.47 Å². The van der Waals surface area contributed by atoms with Gasteiger partial charge >= 0.3 is 12.1 Å². The first-order chi connectivity index (χ1) is 15.2. The van der Waals surface area contributed by atoms with Crippen molar-refractivity contribution in [3.63, 3.8) is 0 Å². The van der Waals surface area contributed by atoms with Crippen LogP contribution < -0.4 is 5.32 Å². The van der Waals surface area contributed by atoms with E-state index >= 15 is 0 Å². The molecule has 1 heterocycles. The molecule has 1 aromatic carbocycles. The highest BCUT2D eigenvalue weighted by atomic mass is 16.6. The summed E-state index contributed by atoms with van der Waals surface area (Å²) in [5, 5.41) is 2.76. The zero-order chi connectivity index (χ0) is 23.6. The second-order valence-electron chi connectivity index (χ2n) is 9.75. The number of hydrogen-bond acceptors (Lipinski definition) is 5. The van der Waals surface area contributed by atoms with Crippen molar-refractivity contribution in [1.82, 2.24) is 5.32 Å². The lowest BCUT2D eigenvalue weighted by Crippen LogP contribution is -2.28. The van der Waals surface area contributed by atoms with Gasteiger partial charge in [-0.2, -0.15) is 0 Å². The van der Waals surface area contributed by atoms with Crippen LogP contribution >= 0.6 is 0 Å². The van der Waals surface area contributed by atoms with Gasteiger partial charge in [0.15, 0.2) is 5.78 Å². The molecule has 6 nitrogen and oxygen atoms in total. The average molecular weight is 446 g/mol. The van der Waals surface area contributed by atoms with E-state index in [0.29, 0.717) is 25.0 Å². The lowest BCUT2D eigenvalue weighted by Gasteiger charge is -2.22. The molecule has 0 radical (unpaired) electrons. The monoisotopic (exact) mass is 445 g/mol. The molecule has 1 saturated heterocycles. The Hall–Kier alpha value is -2.37. The largest absolute Gasteiger partial charge is 0.460 e. The fraction of sp³-hybridized carbons (Fsp3) is 0.654. The number of hydrogen-bond donors (Lipinski definition) is 1. The van der Waals surface area contributed by atoms with Crippen LogP contribution in [0, 0.1) is 5.92 Å². The number of alkyl carbamates (subject to hydrolysis) is 1. The maximum atomic E-state index is 13.4. The first kappa shape index (κ1) is 25.9. The SMILES string of the molecule is CCCCCCCC[C@H](CC(=O)OC(C)(C)C)C(=O)c1cccc(C[C@H]2COC(=O)N2)c1. The van der Waals surface area contributed by atoms with Gasteiger partial charge in [0.2, 0.25) is 0 Å². The lowest BCUT2D eigenvalue weighted by atomic mass is 9.88. The highest BCUT2D eigenvalue weighted by Crippen LogP contribution is 2.23. The molecule has 1 fully saturated rings. The fourth-order valence-corrected chi connectivity index (χ4v) is 3.99. The van der Waals surface area contributed by atoms with Gasteiger partial charge in [-0.1, -0.05) is 63.6 Å². The molecule has 1 aliphatic rings. The van der Waals surface area contributed by atoms with Crippen LogP contribution in [-0.4, -0.2) is 36.1 Å². The van der Waals surface area contributed by atoms with Crippen molar-refractivity contribution in [2.24, 2.45) is 5.92 Å². The summed E-state index contributed by atoms with van der Waals surface area (Å²) in [6.07, 6.45) is 7.78. The Morgan fingerprint density at radius 3 is 2.53 bits per heavy atom. The van der Waals surface area contributed by atoms with E-state index in [2.05, 4.69) is 12.2 Å². The molecule has 32 heavy (non-hydrogen) atoms. The number of esters is 1. The predicted molar refractivity (Wildman–Crippen MR) is 125 cm³/mol. The number of cyclic esters (lactones) is 1. The normalized spacial score (nSPS) is 16.9. The number of carbonyl (C=O) groups excluding carboxylic acids is 3. The molecule has 2 atom stereocenters. The van der Waals surface area contributed by atoms with E-state index in [1.54, 1.807) is 6.07 Å². The van der Waals surface area contributed by atoms with E-state index in [-0.39, 0.29) is 30.1 Å². The number of carbonyl (C=O) groups is 3. The molecule has 0 aromatic heterocycles. The Balaban J connectivity index is 2.03. The summed E-state index contributed by atoms with van der Waals surface area (Å²) in [6, 6.07) is 7.39. The molecule has 0 saturated carbocycles. The highest BCUT2D eigenvalue weighted by molar-refractivity contribution is 5.99. The summed E-state index contributed by atoms with van der Waals surface area (Å²) < 4.78 is 10.4. The van der Waals surface area contributed by atoms with Gasteiger partial charge < -0.3 is 14.8 Å². The first-order valence-electron chi connectivity index (χ1n) is 12.0. The van der Waals surface area contributed by atoms with Crippen LogP contribution in [0.1, 0.15) is 95.0 Å². The molecule has 1 amide bonds. The topological polar surface area (TPSA) is 81.7 Å². The molecule has 1 N–H and O–H groups in total. The van der Waals surface area contributed by atoms with E-state index in [1.807, 2.05) is 39.0 Å². The third-order valence-electron chi connectivity index (χ3n) is 5.54. The van der Waals surface area contributed by atoms with E-state index in [0.717, 1.165) is 24.8 Å². The van der Waals surface area contributed by atoms with Crippen LogP contribution in [0.2, 0.25) is 0 Å². The number of unbranched alkanes of at least 4 members (excludes halogenated alkanes) is 5. The molecule has 178 valence electrons. The summed E-state index contributed by atoms with van der Waals surface area (Å²) >= 11 is 0. The van der Waals surface area contributed by atoms with E-state index in [1.165, 1.54) is 19.3 Å². The summed E-state index contributed by atoms with van der Waals surface area (Å²) in [7, 11) is 0. The number of ether oxygens (including phenoxy) is 2. The number of ketones is 1. The number of rotatable bonds is 13.